The second kappa shape index (κ2) is 13.6. The molecule has 1 amide bonds. The van der Waals surface area contributed by atoms with Gasteiger partial charge in [0.1, 0.15) is 11.6 Å². The van der Waals surface area contributed by atoms with Crippen molar-refractivity contribution < 1.29 is 39.9 Å². The molecule has 7 nitrogen and oxygen atoms in total. The fraction of sp³-hybridized carbons (Fsp3) is 0.594. The molecule has 46 heavy (non-hydrogen) atoms. The number of anilines is 1. The van der Waals surface area contributed by atoms with Gasteiger partial charge in [-0.25, -0.2) is 17.2 Å². The van der Waals surface area contributed by atoms with Gasteiger partial charge >= 0.3 is 6.30 Å². The molecular formula is C32H39ClF5N3O4S. The van der Waals surface area contributed by atoms with Crippen molar-refractivity contribution in [2.75, 3.05) is 43.9 Å². The first-order chi connectivity index (χ1) is 21.6. The number of likely N-dealkylation sites (tertiary alicyclic amines) is 1. The highest BCUT2D eigenvalue weighted by Crippen LogP contribution is 2.46. The summed E-state index contributed by atoms with van der Waals surface area (Å²) in [5, 5.41) is 0.211. The number of piperidine rings is 1. The van der Waals surface area contributed by atoms with Crippen LogP contribution in [0.3, 0.4) is 0 Å². The van der Waals surface area contributed by atoms with E-state index in [-0.39, 0.29) is 54.5 Å². The van der Waals surface area contributed by atoms with Gasteiger partial charge in [0.25, 0.3) is 0 Å². The van der Waals surface area contributed by atoms with Gasteiger partial charge < -0.3 is 14.5 Å². The van der Waals surface area contributed by atoms with Crippen LogP contribution >= 0.6 is 11.6 Å². The number of carbonyl (C=O) groups is 1. The molecule has 14 heteroatoms. The Morgan fingerprint density at radius 2 is 1.63 bits per heavy atom. The van der Waals surface area contributed by atoms with Gasteiger partial charge in [-0.2, -0.15) is 4.31 Å². The molecule has 3 aliphatic rings. The van der Waals surface area contributed by atoms with E-state index >= 15 is 4.39 Å². The third kappa shape index (κ3) is 7.32. The van der Waals surface area contributed by atoms with E-state index in [1.165, 1.54) is 25.1 Å². The second-order valence-corrected chi connectivity index (χ2v) is 15.0. The highest BCUT2D eigenvalue weighted by Gasteiger charge is 2.47. The summed E-state index contributed by atoms with van der Waals surface area (Å²) in [6.07, 6.45) is -1.42. The Morgan fingerprint density at radius 3 is 2.22 bits per heavy atom. The quantitative estimate of drug-likeness (QED) is 0.242. The van der Waals surface area contributed by atoms with Crippen LogP contribution in [0.1, 0.15) is 67.1 Å². The third-order valence-electron chi connectivity index (χ3n) is 9.89. The number of aryl methyl sites for hydroxylation is 1. The number of ether oxygens (including phenoxy) is 1. The molecule has 5 rings (SSSR count). The number of alkyl halides is 3. The van der Waals surface area contributed by atoms with Crippen LogP contribution in [0, 0.1) is 24.5 Å². The minimum atomic E-state index is -5.19. The summed E-state index contributed by atoms with van der Waals surface area (Å²) >= 11 is 6.32. The van der Waals surface area contributed by atoms with E-state index in [1.807, 2.05) is 7.05 Å². The molecule has 0 radical (unpaired) electrons. The standard InChI is InChI=1S/C32H39ClF5N3O4S/c1-19-14-30(41(32(36,37)38)46(3,43)44)25(18-28(19)33)20-6-10-40(11-7-20)31(42)27-17-23(39(2)22-8-12-45-13-9-22)16-26(27)24-5-4-21(34)15-29(24)35/h4-5,14-15,18,20,22-23,26-27H,6-13,16-17H2,1-3H3/t23?,26-,27?/m0/s1. The lowest BCUT2D eigenvalue weighted by Gasteiger charge is -2.37. The molecule has 2 unspecified atom stereocenters. The van der Waals surface area contributed by atoms with Gasteiger partial charge in [-0.3, -0.25) is 4.79 Å². The van der Waals surface area contributed by atoms with Crippen LogP contribution in [0.4, 0.5) is 27.6 Å². The van der Waals surface area contributed by atoms with E-state index in [4.69, 9.17) is 16.3 Å². The minimum Gasteiger partial charge on any atom is -0.381 e. The van der Waals surface area contributed by atoms with Crippen LogP contribution in [-0.4, -0.2) is 82.1 Å². The summed E-state index contributed by atoms with van der Waals surface area (Å²) in [6.45, 7) is 3.23. The fourth-order valence-corrected chi connectivity index (χ4v) is 8.55. The normalized spacial score (nSPS) is 23.7. The predicted octanol–water partition coefficient (Wildman–Crippen LogP) is 6.59. The number of sulfonamides is 1. The Labute approximate surface area is 271 Å². The summed E-state index contributed by atoms with van der Waals surface area (Å²) in [4.78, 5) is 18.0. The molecule has 0 N–H and O–H groups in total. The zero-order valence-corrected chi connectivity index (χ0v) is 27.6. The SMILES string of the molecule is Cc1cc(N(C(F)(F)F)S(C)(=O)=O)c(C2CCN(C(=O)C3CC(N(C)C4CCOCC4)C[C@H]3c3ccc(F)cc3F)CC2)cc1Cl. The first kappa shape index (κ1) is 34.8. The largest absolute Gasteiger partial charge is 0.498 e. The van der Waals surface area contributed by atoms with Gasteiger partial charge in [-0.1, -0.05) is 17.7 Å². The molecule has 0 aromatic heterocycles. The zero-order valence-electron chi connectivity index (χ0n) is 26.0. The van der Waals surface area contributed by atoms with Crippen molar-refractivity contribution in [2.24, 2.45) is 5.92 Å². The lowest BCUT2D eigenvalue weighted by Crippen LogP contribution is -2.44. The van der Waals surface area contributed by atoms with Crippen molar-refractivity contribution in [1.29, 1.82) is 0 Å². The lowest BCUT2D eigenvalue weighted by atomic mass is 9.85. The summed E-state index contributed by atoms with van der Waals surface area (Å²) in [6, 6.07) is 6.23. The highest BCUT2D eigenvalue weighted by atomic mass is 35.5. The van der Waals surface area contributed by atoms with Crippen LogP contribution in [0.2, 0.25) is 5.02 Å². The maximum atomic E-state index is 15.1. The second-order valence-electron chi connectivity index (χ2n) is 12.8. The summed E-state index contributed by atoms with van der Waals surface area (Å²) < 4.78 is 101. The molecule has 0 spiro atoms. The maximum Gasteiger partial charge on any atom is 0.498 e. The molecule has 1 saturated carbocycles. The minimum absolute atomic E-state index is 0.00866. The number of hydrogen-bond donors (Lipinski definition) is 0. The Morgan fingerprint density at radius 1 is 0.978 bits per heavy atom. The average molecular weight is 692 g/mol. The number of halogens is 6. The van der Waals surface area contributed by atoms with Crippen LogP contribution in [0.5, 0.6) is 0 Å². The van der Waals surface area contributed by atoms with Crippen LogP contribution in [-0.2, 0) is 19.6 Å². The molecule has 2 saturated heterocycles. The van der Waals surface area contributed by atoms with E-state index in [0.717, 1.165) is 25.0 Å². The van der Waals surface area contributed by atoms with E-state index < -0.39 is 55.7 Å². The van der Waals surface area contributed by atoms with Crippen molar-refractivity contribution >= 4 is 33.2 Å². The fourth-order valence-electron chi connectivity index (χ4n) is 7.49. The molecule has 1 aliphatic carbocycles. The molecular weight excluding hydrogens is 653 g/mol. The molecule has 2 aromatic carbocycles. The van der Waals surface area contributed by atoms with Crippen LogP contribution in [0.25, 0.3) is 0 Å². The van der Waals surface area contributed by atoms with E-state index in [1.54, 1.807) is 4.90 Å². The van der Waals surface area contributed by atoms with Crippen LogP contribution in [0.15, 0.2) is 30.3 Å². The van der Waals surface area contributed by atoms with E-state index in [2.05, 4.69) is 4.90 Å². The van der Waals surface area contributed by atoms with Crippen LogP contribution < -0.4 is 4.31 Å². The third-order valence-corrected chi connectivity index (χ3v) is 11.4. The molecule has 2 heterocycles. The number of rotatable bonds is 7. The van der Waals surface area contributed by atoms with Gasteiger partial charge in [-0.15, -0.1) is 13.2 Å². The molecule has 3 fully saturated rings. The Hall–Kier alpha value is -2.48. The Kier molecular flexibility index (Phi) is 10.3. The first-order valence-corrected chi connectivity index (χ1v) is 17.7. The summed E-state index contributed by atoms with van der Waals surface area (Å²) in [7, 11) is -2.71. The van der Waals surface area contributed by atoms with Gasteiger partial charge in [-0.05, 0) is 99.2 Å². The van der Waals surface area contributed by atoms with E-state index in [0.29, 0.717) is 43.4 Å². The lowest BCUT2D eigenvalue weighted by molar-refractivity contribution is -0.137. The topological polar surface area (TPSA) is 70.2 Å². The highest BCUT2D eigenvalue weighted by molar-refractivity contribution is 7.92. The molecule has 2 aliphatic heterocycles. The number of benzene rings is 2. The summed E-state index contributed by atoms with van der Waals surface area (Å²) in [5.41, 5.74) is 0.245. The monoisotopic (exact) mass is 691 g/mol. The smallest absolute Gasteiger partial charge is 0.381 e. The van der Waals surface area contributed by atoms with Crippen molar-refractivity contribution in [1.82, 2.24) is 9.80 Å². The number of nitrogens with zero attached hydrogens (tertiary/aromatic N) is 3. The van der Waals surface area contributed by atoms with Gasteiger partial charge in [0.05, 0.1) is 11.9 Å². The Bertz CT molecular complexity index is 1540. The Balaban J connectivity index is 1.38. The summed E-state index contributed by atoms with van der Waals surface area (Å²) in [5.74, 6) is -3.11. The number of amides is 1. The number of carbonyl (C=O) groups excluding carboxylic acids is 1. The molecule has 2 aromatic rings. The van der Waals surface area contributed by atoms with Crippen molar-refractivity contribution in [2.45, 2.75) is 75.7 Å². The van der Waals surface area contributed by atoms with Crippen molar-refractivity contribution in [3.05, 3.63) is 63.7 Å². The van der Waals surface area contributed by atoms with E-state index in [9.17, 15) is 30.8 Å². The predicted molar refractivity (Wildman–Crippen MR) is 165 cm³/mol. The average Bonchev–Trinajstić information content (AvgIpc) is 3.42. The zero-order chi connectivity index (χ0) is 33.6. The van der Waals surface area contributed by atoms with Crippen molar-refractivity contribution in [3.63, 3.8) is 0 Å². The van der Waals surface area contributed by atoms with Gasteiger partial charge in [0.15, 0.2) is 0 Å². The molecule has 3 atom stereocenters. The van der Waals surface area contributed by atoms with Gasteiger partial charge in [0.2, 0.25) is 15.9 Å². The maximum absolute atomic E-state index is 15.1. The van der Waals surface area contributed by atoms with Crippen molar-refractivity contribution in [3.8, 4) is 0 Å². The molecule has 254 valence electrons. The number of hydrogen-bond acceptors (Lipinski definition) is 5. The first-order valence-electron chi connectivity index (χ1n) is 15.5. The van der Waals surface area contributed by atoms with Gasteiger partial charge in [0, 0.05) is 55.4 Å². The molecule has 0 bridgehead atoms.